The van der Waals surface area contributed by atoms with Gasteiger partial charge in [-0.3, -0.25) is 14.5 Å². The Morgan fingerprint density at radius 3 is 2.54 bits per heavy atom. The lowest BCUT2D eigenvalue weighted by molar-refractivity contribution is -0.122. The van der Waals surface area contributed by atoms with E-state index in [1.807, 2.05) is 30.3 Å². The van der Waals surface area contributed by atoms with Crippen molar-refractivity contribution in [3.8, 4) is 11.5 Å². The summed E-state index contributed by atoms with van der Waals surface area (Å²) in [6.07, 6.45) is 1.65. The minimum atomic E-state index is -0.340. The molecular formula is C19H18N2O4S. The molecule has 3 rings (SSSR count). The van der Waals surface area contributed by atoms with E-state index in [-0.39, 0.29) is 17.8 Å². The number of methoxy groups -OCH3 is 2. The highest BCUT2D eigenvalue weighted by molar-refractivity contribution is 8.18. The van der Waals surface area contributed by atoms with E-state index in [2.05, 4.69) is 5.32 Å². The molecule has 0 aromatic heterocycles. The van der Waals surface area contributed by atoms with Crippen LogP contribution in [-0.2, 0) is 4.79 Å². The lowest BCUT2D eigenvalue weighted by Crippen LogP contribution is -2.33. The van der Waals surface area contributed by atoms with Crippen molar-refractivity contribution >= 4 is 34.7 Å². The van der Waals surface area contributed by atoms with Gasteiger partial charge in [0, 0.05) is 11.3 Å². The summed E-state index contributed by atoms with van der Waals surface area (Å²) >= 11 is 0.907. The maximum atomic E-state index is 12.6. The number of rotatable bonds is 6. The van der Waals surface area contributed by atoms with Crippen LogP contribution in [-0.4, -0.2) is 36.9 Å². The predicted octanol–water partition coefficient (Wildman–Crippen LogP) is 3.81. The van der Waals surface area contributed by atoms with Crippen LogP contribution in [0.1, 0.15) is 5.56 Å². The molecule has 1 fully saturated rings. The van der Waals surface area contributed by atoms with Crippen LogP contribution in [0.5, 0.6) is 11.5 Å². The number of carbonyl (C=O) groups excluding carboxylic acids is 2. The maximum Gasteiger partial charge on any atom is 0.295 e. The summed E-state index contributed by atoms with van der Waals surface area (Å²) in [5, 5.41) is 2.76. The third-order valence-electron chi connectivity index (χ3n) is 3.81. The number of para-hydroxylation sites is 1. The van der Waals surface area contributed by atoms with Crippen LogP contribution >= 0.6 is 11.8 Å². The molecule has 26 heavy (non-hydrogen) atoms. The Kier molecular flexibility index (Phi) is 5.48. The number of imide groups is 1. The zero-order valence-electron chi connectivity index (χ0n) is 14.4. The fraction of sp³-hybridized carbons (Fsp3) is 0.158. The first-order valence-corrected chi connectivity index (χ1v) is 8.70. The molecule has 134 valence electrons. The molecule has 1 saturated heterocycles. The van der Waals surface area contributed by atoms with Crippen LogP contribution in [0.25, 0.3) is 6.08 Å². The van der Waals surface area contributed by atoms with Crippen LogP contribution < -0.4 is 14.8 Å². The van der Waals surface area contributed by atoms with E-state index in [9.17, 15) is 9.59 Å². The van der Waals surface area contributed by atoms with Crippen molar-refractivity contribution in [2.75, 3.05) is 26.2 Å². The summed E-state index contributed by atoms with van der Waals surface area (Å²) in [7, 11) is 3.11. The Morgan fingerprint density at radius 1 is 1.08 bits per heavy atom. The van der Waals surface area contributed by atoms with Gasteiger partial charge in [-0.2, -0.15) is 0 Å². The molecular weight excluding hydrogens is 352 g/mol. The van der Waals surface area contributed by atoms with Crippen molar-refractivity contribution in [2.45, 2.75) is 0 Å². The minimum Gasteiger partial charge on any atom is -0.497 e. The molecule has 7 heteroatoms. The third-order valence-corrected chi connectivity index (χ3v) is 4.72. The van der Waals surface area contributed by atoms with Gasteiger partial charge in [-0.25, -0.2) is 0 Å². The normalized spacial score (nSPS) is 15.5. The lowest BCUT2D eigenvalue weighted by Gasteiger charge is -2.14. The molecule has 0 saturated carbocycles. The van der Waals surface area contributed by atoms with Gasteiger partial charge >= 0.3 is 0 Å². The predicted molar refractivity (Wildman–Crippen MR) is 102 cm³/mol. The van der Waals surface area contributed by atoms with Crippen LogP contribution in [0.3, 0.4) is 0 Å². The molecule has 2 aromatic carbocycles. The van der Waals surface area contributed by atoms with Gasteiger partial charge in [0.05, 0.1) is 25.8 Å². The number of nitrogens with one attached hydrogen (secondary N) is 1. The summed E-state index contributed by atoms with van der Waals surface area (Å²) in [4.78, 5) is 26.3. The topological polar surface area (TPSA) is 67.9 Å². The first-order valence-electron chi connectivity index (χ1n) is 7.88. The van der Waals surface area contributed by atoms with Crippen molar-refractivity contribution in [1.29, 1.82) is 0 Å². The van der Waals surface area contributed by atoms with Crippen LogP contribution in [0.15, 0.2) is 53.4 Å². The van der Waals surface area contributed by atoms with Crippen molar-refractivity contribution in [1.82, 2.24) is 4.90 Å². The fourth-order valence-electron chi connectivity index (χ4n) is 2.46. The zero-order chi connectivity index (χ0) is 18.5. The second-order valence-electron chi connectivity index (χ2n) is 5.42. The smallest absolute Gasteiger partial charge is 0.295 e. The molecule has 0 bridgehead atoms. The van der Waals surface area contributed by atoms with Crippen molar-refractivity contribution in [3.05, 3.63) is 59.0 Å². The summed E-state index contributed by atoms with van der Waals surface area (Å²) in [6.45, 7) is 0.112. The molecule has 2 amide bonds. The Morgan fingerprint density at radius 2 is 1.85 bits per heavy atom. The van der Waals surface area contributed by atoms with Crippen LogP contribution in [0.4, 0.5) is 10.5 Å². The van der Waals surface area contributed by atoms with Gasteiger partial charge in [-0.15, -0.1) is 0 Å². The Labute approximate surface area is 155 Å². The standard InChI is InChI=1S/C19H18N2O4S/c1-24-15-8-9-16(25-2)13(10-15)11-17-18(22)21(19(23)26-17)12-20-14-6-4-3-5-7-14/h3-11,20H,12H2,1-2H3. The number of ether oxygens (including phenoxy) is 2. The molecule has 0 atom stereocenters. The third kappa shape index (κ3) is 3.83. The van der Waals surface area contributed by atoms with E-state index in [1.165, 1.54) is 4.90 Å². The number of hydrogen-bond donors (Lipinski definition) is 1. The highest BCUT2D eigenvalue weighted by Gasteiger charge is 2.35. The number of nitrogens with zero attached hydrogens (tertiary/aromatic N) is 1. The number of amides is 2. The van der Waals surface area contributed by atoms with E-state index in [0.717, 1.165) is 17.4 Å². The van der Waals surface area contributed by atoms with Crippen molar-refractivity contribution in [2.24, 2.45) is 0 Å². The molecule has 1 aliphatic heterocycles. The average Bonchev–Trinajstić information content (AvgIpc) is 2.93. The molecule has 2 aromatic rings. The van der Waals surface area contributed by atoms with Gasteiger partial charge in [0.25, 0.3) is 11.1 Å². The van der Waals surface area contributed by atoms with E-state index in [4.69, 9.17) is 9.47 Å². The summed E-state index contributed by atoms with van der Waals surface area (Å²) in [6, 6.07) is 14.7. The molecule has 0 aliphatic carbocycles. The van der Waals surface area contributed by atoms with E-state index in [1.54, 1.807) is 38.5 Å². The Bertz CT molecular complexity index is 852. The maximum absolute atomic E-state index is 12.6. The number of benzene rings is 2. The number of hydrogen-bond acceptors (Lipinski definition) is 6. The van der Waals surface area contributed by atoms with Gasteiger partial charge in [0.2, 0.25) is 0 Å². The van der Waals surface area contributed by atoms with E-state index in [0.29, 0.717) is 22.0 Å². The molecule has 1 aliphatic rings. The highest BCUT2D eigenvalue weighted by atomic mass is 32.2. The Hall–Kier alpha value is -2.93. The summed E-state index contributed by atoms with van der Waals surface area (Å²) in [5.74, 6) is 0.898. The monoisotopic (exact) mass is 370 g/mol. The SMILES string of the molecule is COc1ccc(OC)c(C=C2SC(=O)N(CNc3ccccc3)C2=O)c1. The van der Waals surface area contributed by atoms with E-state index < -0.39 is 0 Å². The largest absolute Gasteiger partial charge is 0.497 e. The van der Waals surface area contributed by atoms with Crippen LogP contribution in [0, 0.1) is 0 Å². The molecule has 0 spiro atoms. The zero-order valence-corrected chi connectivity index (χ0v) is 15.2. The molecule has 0 unspecified atom stereocenters. The summed E-state index contributed by atoms with van der Waals surface area (Å²) < 4.78 is 10.5. The van der Waals surface area contributed by atoms with Crippen LogP contribution in [0.2, 0.25) is 0 Å². The minimum absolute atomic E-state index is 0.112. The Balaban J connectivity index is 1.79. The molecule has 1 N–H and O–H groups in total. The second-order valence-corrected chi connectivity index (χ2v) is 6.41. The quantitative estimate of drug-likeness (QED) is 0.780. The van der Waals surface area contributed by atoms with Crippen molar-refractivity contribution in [3.63, 3.8) is 0 Å². The molecule has 1 heterocycles. The van der Waals surface area contributed by atoms with Gasteiger partial charge in [0.15, 0.2) is 0 Å². The number of anilines is 1. The first-order chi connectivity index (χ1) is 12.6. The second kappa shape index (κ2) is 7.97. The molecule has 6 nitrogen and oxygen atoms in total. The summed E-state index contributed by atoms with van der Waals surface area (Å²) in [5.41, 5.74) is 1.51. The average molecular weight is 370 g/mol. The van der Waals surface area contributed by atoms with Gasteiger partial charge in [0.1, 0.15) is 11.5 Å². The van der Waals surface area contributed by atoms with Gasteiger partial charge < -0.3 is 14.8 Å². The number of thioether (sulfide) groups is 1. The molecule has 0 radical (unpaired) electrons. The van der Waals surface area contributed by atoms with Gasteiger partial charge in [-0.1, -0.05) is 18.2 Å². The fourth-order valence-corrected chi connectivity index (χ4v) is 3.29. The van der Waals surface area contributed by atoms with Gasteiger partial charge in [-0.05, 0) is 48.2 Å². The number of carbonyl (C=O) groups is 2. The van der Waals surface area contributed by atoms with Crippen molar-refractivity contribution < 1.29 is 19.1 Å². The first kappa shape index (κ1) is 17.9. The highest BCUT2D eigenvalue weighted by Crippen LogP contribution is 2.35. The van der Waals surface area contributed by atoms with E-state index >= 15 is 0 Å². The lowest BCUT2D eigenvalue weighted by atomic mass is 10.1.